The van der Waals surface area contributed by atoms with E-state index < -0.39 is 53.2 Å². The number of carbonyl (C=O) groups excluding carboxylic acids is 8. The van der Waals surface area contributed by atoms with E-state index in [1.54, 1.807) is 149 Å². The first-order valence-electron chi connectivity index (χ1n) is 34.3. The normalized spacial score (nSPS) is 11.7. The van der Waals surface area contributed by atoms with Gasteiger partial charge in [-0.1, -0.05) is 155 Å². The number of rotatable bonds is 28. The van der Waals surface area contributed by atoms with Crippen molar-refractivity contribution in [1.29, 1.82) is 0 Å². The molecule has 0 radical (unpaired) electrons. The summed E-state index contributed by atoms with van der Waals surface area (Å²) in [6.07, 6.45) is 12.1. The molecule has 0 saturated heterocycles. The number of hydrogen-bond acceptors (Lipinski definition) is 20. The van der Waals surface area contributed by atoms with Crippen molar-refractivity contribution in [3.8, 4) is 68.2 Å². The Labute approximate surface area is 691 Å². The highest BCUT2D eigenvalue weighted by molar-refractivity contribution is 5.94. The molecule has 0 bridgehead atoms. The van der Waals surface area contributed by atoms with Gasteiger partial charge in [0, 0.05) is 57.9 Å². The Morgan fingerprint density at radius 3 is 0.752 bits per heavy atom. The minimum absolute atomic E-state index is 0. The Hall–Kier alpha value is -13.4. The molecule has 2 aliphatic carbocycles. The van der Waals surface area contributed by atoms with E-state index in [0.717, 1.165) is 89.0 Å². The van der Waals surface area contributed by atoms with E-state index in [0.29, 0.717) is 46.0 Å². The van der Waals surface area contributed by atoms with Crippen LogP contribution in [0.1, 0.15) is 181 Å². The van der Waals surface area contributed by atoms with Crippen molar-refractivity contribution in [1.82, 2.24) is 0 Å². The topological polar surface area (TPSA) is 247 Å². The first-order chi connectivity index (χ1) is 51.9. The summed E-state index contributed by atoms with van der Waals surface area (Å²) in [5.41, 5.74) is 15.1. The molecule has 0 atom stereocenters. The number of ether oxygens (including phenoxy) is 12. The van der Waals surface area contributed by atoms with Gasteiger partial charge in [-0.2, -0.15) is 0 Å². The lowest BCUT2D eigenvalue weighted by molar-refractivity contribution is -0.146. The summed E-state index contributed by atoms with van der Waals surface area (Å²) in [6.45, 7) is 33.0. The van der Waals surface area contributed by atoms with Gasteiger partial charge in [0.1, 0.15) is 46.0 Å². The molecule has 0 aliphatic heterocycles. The van der Waals surface area contributed by atoms with E-state index in [1.807, 2.05) is 83.1 Å². The van der Waals surface area contributed by atoms with E-state index in [1.165, 1.54) is 24.3 Å². The summed E-state index contributed by atoms with van der Waals surface area (Å²) in [5.74, 6) is -0.647. The number of carbonyl (C=O) groups is 8. The first-order valence-corrected chi connectivity index (χ1v) is 34.3. The quantitative estimate of drug-likeness (QED) is 0.0145. The molecule has 0 unspecified atom stereocenters. The number of hydrogen-bond donors (Lipinski definition) is 0. The number of aryl methyl sites for hydroxylation is 4. The van der Waals surface area contributed by atoms with E-state index in [9.17, 15) is 38.4 Å². The fourth-order valence-corrected chi connectivity index (χ4v) is 11.4. The van der Waals surface area contributed by atoms with Crippen LogP contribution in [-0.2, 0) is 62.7 Å². The van der Waals surface area contributed by atoms with Crippen LogP contribution in [0.25, 0.3) is 46.6 Å². The Morgan fingerprint density at radius 1 is 0.316 bits per heavy atom. The predicted molar refractivity (Wildman–Crippen MR) is 466 cm³/mol. The molecule has 0 spiro atoms. The van der Waals surface area contributed by atoms with Gasteiger partial charge in [0.15, 0.2) is 0 Å². The molecule has 10 rings (SSSR count). The van der Waals surface area contributed by atoms with Crippen molar-refractivity contribution < 1.29 is 95.2 Å². The Bertz CT molecular complexity index is 4780. The lowest BCUT2D eigenvalue weighted by atomic mass is 9.82. The van der Waals surface area contributed by atoms with Gasteiger partial charge < -0.3 is 56.8 Å². The fraction of sp³-hybridized carbons (Fsp3) is 0.258. The minimum atomic E-state index is -0.539. The van der Waals surface area contributed by atoms with Gasteiger partial charge in [-0.3, -0.25) is 0 Å². The molecule has 2 aliphatic rings. The van der Waals surface area contributed by atoms with Crippen LogP contribution in [-0.4, -0.2) is 74.9 Å². The maximum Gasteiger partial charge on any atom is 0.336 e. The fourth-order valence-electron chi connectivity index (χ4n) is 11.4. The second-order valence-corrected chi connectivity index (χ2v) is 26.2. The zero-order valence-electron chi connectivity index (χ0n) is 62.4. The zero-order chi connectivity index (χ0) is 78.8. The molecule has 20 nitrogen and oxygen atoms in total. The third-order valence-corrected chi connectivity index (χ3v) is 17.4. The largest absolute Gasteiger partial charge is 0.457 e. The smallest absolute Gasteiger partial charge is 0.336 e. The molecule has 0 N–H and O–H groups in total. The Kier molecular flexibility index (Phi) is 40.1. The summed E-state index contributed by atoms with van der Waals surface area (Å²) >= 11 is 0. The molecule has 622 valence electrons. The lowest BCUT2D eigenvalue weighted by Crippen LogP contribution is -2.16. The second-order valence-electron chi connectivity index (χ2n) is 26.2. The van der Waals surface area contributed by atoms with Gasteiger partial charge in [0.05, 0.1) is 0 Å². The van der Waals surface area contributed by atoms with Crippen LogP contribution in [0.5, 0.6) is 46.0 Å². The highest BCUT2D eigenvalue weighted by Gasteiger charge is 2.37. The van der Waals surface area contributed by atoms with Crippen molar-refractivity contribution in [3.63, 3.8) is 0 Å². The standard InChI is InChI=1S/C45H42O10.C44H40O10.8CH4/c1-27(2)43(48)52-25-50-33-13-9-31(29(5)21-33)11-19-41(46)54-35-15-17-37-38-18-16-36(24-40(38)45(7,8)39(37)23-35)55-42(47)20-12-32-10-14-34(22-30(32)6)51-26-53-44(49)28(3)4;1-26(2)43(47)51-24-49-33-12-8-31(28(5)20-33)10-18-41(45)53-35-14-16-37-38-17-15-36(23-40(38)30(7)39(37)22-35)54-42(46)19-11-32-9-13-34(21-29(32)6)50-25-52-44(48)27(3)4;;;;;;;;/h9-24H,1,3,25-26H2,2,4-8H3;8-23,30H,1,3,24-25H2,2,4-7H3;8*1H4. The van der Waals surface area contributed by atoms with Crippen LogP contribution in [0, 0.1) is 27.7 Å². The van der Waals surface area contributed by atoms with Crippen LogP contribution in [0.15, 0.2) is 219 Å². The number of fused-ring (bicyclic) bond motifs is 6. The van der Waals surface area contributed by atoms with Gasteiger partial charge in [0.2, 0.25) is 27.2 Å². The summed E-state index contributed by atoms with van der Waals surface area (Å²) in [7, 11) is 0. The second kappa shape index (κ2) is 46.1. The molecular weight excluding hydrogens is 1490 g/mol. The van der Waals surface area contributed by atoms with E-state index >= 15 is 0 Å². The molecule has 0 aromatic heterocycles. The average molecular weight is 1600 g/mol. The van der Waals surface area contributed by atoms with Crippen LogP contribution >= 0.6 is 0 Å². The predicted octanol–water partition coefficient (Wildman–Crippen LogP) is 22.4. The molecule has 20 heteroatoms. The zero-order valence-corrected chi connectivity index (χ0v) is 62.4. The average Bonchev–Trinajstić information content (AvgIpc) is 1.58. The van der Waals surface area contributed by atoms with Crippen LogP contribution in [0.3, 0.4) is 0 Å². The highest BCUT2D eigenvalue weighted by Crippen LogP contribution is 2.51. The highest BCUT2D eigenvalue weighted by atomic mass is 16.7. The molecule has 0 heterocycles. The van der Waals surface area contributed by atoms with E-state index in [4.69, 9.17) is 56.8 Å². The third kappa shape index (κ3) is 27.4. The van der Waals surface area contributed by atoms with Gasteiger partial charge in [0.25, 0.3) is 0 Å². The van der Waals surface area contributed by atoms with Gasteiger partial charge in [-0.15, -0.1) is 0 Å². The Balaban J connectivity index is 0.00000110. The maximum absolute atomic E-state index is 12.8. The number of benzene rings is 8. The van der Waals surface area contributed by atoms with Gasteiger partial charge >= 0.3 is 47.8 Å². The summed E-state index contributed by atoms with van der Waals surface area (Å²) in [6, 6.07) is 43.2. The molecule has 8 aromatic rings. The monoisotopic (exact) mass is 1600 g/mol. The van der Waals surface area contributed by atoms with Crippen LogP contribution in [0.2, 0.25) is 0 Å². The van der Waals surface area contributed by atoms with Crippen LogP contribution < -0.4 is 37.9 Å². The Morgan fingerprint density at radius 2 is 0.530 bits per heavy atom. The molecule has 0 fully saturated rings. The minimum Gasteiger partial charge on any atom is -0.457 e. The molecule has 0 amide bonds. The first kappa shape index (κ1) is 102. The van der Waals surface area contributed by atoms with Crippen molar-refractivity contribution in [2.75, 3.05) is 27.2 Å². The van der Waals surface area contributed by atoms with Crippen molar-refractivity contribution in [2.24, 2.45) is 0 Å². The maximum atomic E-state index is 12.8. The lowest BCUT2D eigenvalue weighted by Gasteiger charge is -2.22. The summed E-state index contributed by atoms with van der Waals surface area (Å²) < 4.78 is 64.4. The van der Waals surface area contributed by atoms with E-state index in [-0.39, 0.29) is 115 Å². The summed E-state index contributed by atoms with van der Waals surface area (Å²) in [4.78, 5) is 97.3. The number of esters is 8. The van der Waals surface area contributed by atoms with Crippen molar-refractivity contribution >= 4 is 72.1 Å². The molecule has 8 aromatic carbocycles. The van der Waals surface area contributed by atoms with Gasteiger partial charge in [-0.25, -0.2) is 38.4 Å². The van der Waals surface area contributed by atoms with Gasteiger partial charge in [-0.05, 0) is 266 Å². The third-order valence-electron chi connectivity index (χ3n) is 17.4. The van der Waals surface area contributed by atoms with Crippen molar-refractivity contribution in [2.45, 2.75) is 147 Å². The van der Waals surface area contributed by atoms with Crippen molar-refractivity contribution in [3.05, 3.63) is 285 Å². The molecule has 0 saturated carbocycles. The molecular formula is C97H114O20. The summed E-state index contributed by atoms with van der Waals surface area (Å²) in [5, 5.41) is 0. The van der Waals surface area contributed by atoms with E-state index in [2.05, 4.69) is 40.2 Å². The van der Waals surface area contributed by atoms with Crippen LogP contribution in [0.4, 0.5) is 0 Å². The SMILES string of the molecule is C.C.C.C.C.C.C.C.C=C(C)C(=O)OCOc1ccc(C=CC(=O)Oc2ccc3c(c2)C(C)(C)c2cc(OC(=O)C=Cc4ccc(OCOC(=O)C(=C)C)cc4C)ccc2-3)c(C)c1.C=C(C)C(=O)OCOc1ccc(C=CC(=O)Oc2ccc3c(c2)C(C)c2cc(OC(=O)C=Cc4ccc(OCOC(=O)C(=C)C)cc4C)ccc2-3)c(C)c1. The molecule has 117 heavy (non-hydrogen) atoms.